The molecule has 0 radical (unpaired) electrons. The van der Waals surface area contributed by atoms with E-state index in [9.17, 15) is 14.4 Å². The van der Waals surface area contributed by atoms with Crippen molar-refractivity contribution in [2.24, 2.45) is 0 Å². The van der Waals surface area contributed by atoms with Crippen LogP contribution in [0.2, 0.25) is 0 Å². The second-order valence-corrected chi connectivity index (χ2v) is 5.76. The van der Waals surface area contributed by atoms with E-state index in [4.69, 9.17) is 0 Å². The van der Waals surface area contributed by atoms with Crippen molar-refractivity contribution < 1.29 is 14.4 Å². The highest BCUT2D eigenvalue weighted by Crippen LogP contribution is 2.31. The Bertz CT molecular complexity index is 429. The van der Waals surface area contributed by atoms with Crippen LogP contribution >= 0.6 is 0 Å². The first-order valence-electron chi connectivity index (χ1n) is 6.98. The number of carbonyl (C=O) groups is 3. The van der Waals surface area contributed by atoms with Gasteiger partial charge < -0.3 is 5.32 Å². The molecule has 0 aromatic heterocycles. The third-order valence-electron chi connectivity index (χ3n) is 3.86. The highest BCUT2D eigenvalue weighted by atomic mass is 16.2. The van der Waals surface area contributed by atoms with Gasteiger partial charge in [0.25, 0.3) is 0 Å². The van der Waals surface area contributed by atoms with Gasteiger partial charge in [-0.2, -0.15) is 0 Å². The molecule has 2 aliphatic carbocycles. The van der Waals surface area contributed by atoms with E-state index in [2.05, 4.69) is 10.6 Å². The molecule has 3 rings (SSSR count). The zero-order chi connectivity index (χ0) is 13.6. The van der Waals surface area contributed by atoms with Crippen LogP contribution in [0, 0.1) is 0 Å². The summed E-state index contributed by atoms with van der Waals surface area (Å²) in [4.78, 5) is 37.1. The molecule has 2 atom stereocenters. The summed E-state index contributed by atoms with van der Waals surface area (Å²) in [7, 11) is 0. The normalized spacial score (nSPS) is 28.7. The van der Waals surface area contributed by atoms with E-state index in [1.165, 1.54) is 4.90 Å². The molecule has 104 valence electrons. The van der Waals surface area contributed by atoms with Crippen LogP contribution in [0.15, 0.2) is 0 Å². The van der Waals surface area contributed by atoms with E-state index < -0.39 is 12.1 Å². The molecule has 0 aromatic carbocycles. The number of hydrogen-bond donors (Lipinski definition) is 2. The van der Waals surface area contributed by atoms with Gasteiger partial charge in [-0.1, -0.05) is 0 Å². The van der Waals surface area contributed by atoms with E-state index in [1.54, 1.807) is 6.92 Å². The second-order valence-electron chi connectivity index (χ2n) is 5.76. The van der Waals surface area contributed by atoms with Crippen LogP contribution in [0.3, 0.4) is 0 Å². The average molecular weight is 265 g/mol. The summed E-state index contributed by atoms with van der Waals surface area (Å²) in [5.41, 5.74) is 0. The minimum atomic E-state index is -0.534. The molecule has 3 fully saturated rings. The van der Waals surface area contributed by atoms with Crippen molar-refractivity contribution >= 4 is 17.7 Å². The van der Waals surface area contributed by atoms with Gasteiger partial charge in [-0.25, -0.2) is 0 Å². The maximum atomic E-state index is 12.1. The van der Waals surface area contributed by atoms with Gasteiger partial charge in [-0.05, 0) is 32.6 Å². The van der Waals surface area contributed by atoms with E-state index >= 15 is 0 Å². The summed E-state index contributed by atoms with van der Waals surface area (Å²) < 4.78 is 0. The highest BCUT2D eigenvalue weighted by Gasteiger charge is 2.46. The molecule has 3 amide bonds. The van der Waals surface area contributed by atoms with Crippen molar-refractivity contribution in [3.05, 3.63) is 0 Å². The number of likely N-dealkylation sites (tertiary alicyclic amines) is 1. The van der Waals surface area contributed by atoms with Gasteiger partial charge >= 0.3 is 0 Å². The Morgan fingerprint density at radius 1 is 1.26 bits per heavy atom. The summed E-state index contributed by atoms with van der Waals surface area (Å²) >= 11 is 0. The fourth-order valence-corrected chi connectivity index (χ4v) is 2.43. The first-order valence-corrected chi connectivity index (χ1v) is 6.98. The molecule has 0 aromatic rings. The van der Waals surface area contributed by atoms with Crippen molar-refractivity contribution in [1.29, 1.82) is 0 Å². The lowest BCUT2D eigenvalue weighted by molar-refractivity contribution is -0.139. The number of rotatable bonds is 5. The molecule has 2 saturated carbocycles. The number of nitrogens with zero attached hydrogens (tertiary/aromatic N) is 1. The molecule has 0 spiro atoms. The van der Waals surface area contributed by atoms with Crippen LogP contribution in [-0.4, -0.2) is 46.8 Å². The monoisotopic (exact) mass is 265 g/mol. The third kappa shape index (κ3) is 2.63. The average Bonchev–Trinajstić information content (AvgIpc) is 3.22. The molecular formula is C13H19N3O3. The summed E-state index contributed by atoms with van der Waals surface area (Å²) in [5, 5.41) is 5.87. The predicted molar refractivity (Wildman–Crippen MR) is 67.0 cm³/mol. The van der Waals surface area contributed by atoms with Gasteiger partial charge in [-0.15, -0.1) is 0 Å². The molecule has 1 saturated heterocycles. The van der Waals surface area contributed by atoms with Gasteiger partial charge in [0.15, 0.2) is 0 Å². The van der Waals surface area contributed by atoms with E-state index in [0.29, 0.717) is 6.04 Å². The van der Waals surface area contributed by atoms with E-state index in [0.717, 1.165) is 25.7 Å². The number of hydrogen-bond acceptors (Lipinski definition) is 4. The fraction of sp³-hybridized carbons (Fsp3) is 0.769. The summed E-state index contributed by atoms with van der Waals surface area (Å²) in [6.45, 7) is 1.73. The van der Waals surface area contributed by atoms with E-state index in [1.807, 2.05) is 0 Å². The van der Waals surface area contributed by atoms with Crippen LogP contribution in [0.1, 0.15) is 39.0 Å². The first-order chi connectivity index (χ1) is 9.06. The Balaban J connectivity index is 1.55. The van der Waals surface area contributed by atoms with Crippen molar-refractivity contribution in [2.45, 2.75) is 63.2 Å². The summed E-state index contributed by atoms with van der Waals surface area (Å²) in [5.74, 6) is -0.369. The van der Waals surface area contributed by atoms with Crippen LogP contribution in [0.4, 0.5) is 0 Å². The minimum Gasteiger partial charge on any atom is -0.352 e. The van der Waals surface area contributed by atoms with Gasteiger partial charge in [0.1, 0.15) is 0 Å². The zero-order valence-electron chi connectivity index (χ0n) is 11.0. The number of imide groups is 1. The lowest BCUT2D eigenvalue weighted by atomic mass is 10.2. The van der Waals surface area contributed by atoms with Gasteiger partial charge in [0.2, 0.25) is 17.7 Å². The molecule has 19 heavy (non-hydrogen) atoms. The SMILES string of the molecule is CC(NC1CC(=O)N(C2CC2)C1=O)C(=O)NC1CC1. The third-order valence-corrected chi connectivity index (χ3v) is 3.86. The van der Waals surface area contributed by atoms with Crippen molar-refractivity contribution in [3.8, 4) is 0 Å². The van der Waals surface area contributed by atoms with Crippen molar-refractivity contribution in [1.82, 2.24) is 15.5 Å². The Morgan fingerprint density at radius 3 is 2.53 bits per heavy atom. The molecule has 3 aliphatic rings. The zero-order valence-corrected chi connectivity index (χ0v) is 11.0. The maximum Gasteiger partial charge on any atom is 0.247 e. The Hall–Kier alpha value is -1.43. The standard InChI is InChI=1S/C13H19N3O3/c1-7(12(18)15-8-2-3-8)14-10-6-11(17)16(13(10)19)9-4-5-9/h7-10,14H,2-6H2,1H3,(H,15,18). The lowest BCUT2D eigenvalue weighted by Gasteiger charge is -2.18. The maximum absolute atomic E-state index is 12.1. The molecule has 2 unspecified atom stereocenters. The summed E-state index contributed by atoms with van der Waals surface area (Å²) in [6, 6.07) is -0.558. The number of nitrogens with one attached hydrogen (secondary N) is 2. The molecule has 1 heterocycles. The van der Waals surface area contributed by atoms with Crippen LogP contribution < -0.4 is 10.6 Å². The molecular weight excluding hydrogens is 246 g/mol. The quantitative estimate of drug-likeness (QED) is 0.659. The van der Waals surface area contributed by atoms with Crippen LogP contribution in [0.25, 0.3) is 0 Å². The summed E-state index contributed by atoms with van der Waals surface area (Å²) in [6.07, 6.45) is 4.09. The topological polar surface area (TPSA) is 78.5 Å². The van der Waals surface area contributed by atoms with E-state index in [-0.39, 0.29) is 30.2 Å². The highest BCUT2D eigenvalue weighted by molar-refractivity contribution is 6.06. The molecule has 6 nitrogen and oxygen atoms in total. The Kier molecular flexibility index (Phi) is 3.05. The molecule has 6 heteroatoms. The molecule has 1 aliphatic heterocycles. The van der Waals surface area contributed by atoms with Crippen molar-refractivity contribution in [2.75, 3.05) is 0 Å². The number of amides is 3. The van der Waals surface area contributed by atoms with Crippen LogP contribution in [-0.2, 0) is 14.4 Å². The Labute approximate surface area is 111 Å². The molecule has 2 N–H and O–H groups in total. The van der Waals surface area contributed by atoms with Gasteiger partial charge in [0.05, 0.1) is 18.5 Å². The fourth-order valence-electron chi connectivity index (χ4n) is 2.43. The lowest BCUT2D eigenvalue weighted by Crippen LogP contribution is -2.49. The second kappa shape index (κ2) is 4.59. The Morgan fingerprint density at radius 2 is 1.95 bits per heavy atom. The van der Waals surface area contributed by atoms with Gasteiger partial charge in [-0.3, -0.25) is 24.6 Å². The predicted octanol–water partition coefficient (Wildman–Crippen LogP) is -0.467. The number of carbonyl (C=O) groups excluding carboxylic acids is 3. The van der Waals surface area contributed by atoms with Crippen LogP contribution in [0.5, 0.6) is 0 Å². The minimum absolute atomic E-state index is 0.0902. The first kappa shape index (κ1) is 12.6. The van der Waals surface area contributed by atoms with Gasteiger partial charge in [0, 0.05) is 12.1 Å². The largest absolute Gasteiger partial charge is 0.352 e. The molecule has 0 bridgehead atoms. The smallest absolute Gasteiger partial charge is 0.247 e. The van der Waals surface area contributed by atoms with Crippen molar-refractivity contribution in [3.63, 3.8) is 0 Å².